The van der Waals surface area contributed by atoms with Crippen LogP contribution in [0.4, 0.5) is 0 Å². The lowest BCUT2D eigenvalue weighted by atomic mass is 10.1. The third kappa shape index (κ3) is 2.36. The second kappa shape index (κ2) is 5.17. The van der Waals surface area contributed by atoms with Gasteiger partial charge >= 0.3 is 0 Å². The Morgan fingerprint density at radius 1 is 1.20 bits per heavy atom. The molecular formula is C15H19N3O2. The molecule has 1 aliphatic rings. The molecule has 2 aromatic rings. The van der Waals surface area contributed by atoms with Crippen molar-refractivity contribution in [3.05, 3.63) is 30.2 Å². The van der Waals surface area contributed by atoms with Crippen molar-refractivity contribution in [2.24, 2.45) is 11.7 Å². The van der Waals surface area contributed by atoms with Crippen molar-refractivity contribution in [3.63, 3.8) is 0 Å². The number of imidazole rings is 1. The summed E-state index contributed by atoms with van der Waals surface area (Å²) in [5.74, 6) is 2.72. The van der Waals surface area contributed by atoms with E-state index in [1.807, 2.05) is 24.4 Å². The molecule has 5 heteroatoms. The van der Waals surface area contributed by atoms with Crippen molar-refractivity contribution < 1.29 is 9.47 Å². The molecule has 0 amide bonds. The average Bonchev–Trinajstić information content (AvgIpc) is 2.95. The van der Waals surface area contributed by atoms with Gasteiger partial charge in [-0.3, -0.25) is 0 Å². The van der Waals surface area contributed by atoms with E-state index in [1.165, 1.54) is 0 Å². The Bertz CT molecular complexity index is 607. The highest BCUT2D eigenvalue weighted by Gasteiger charge is 2.16. The number of aromatic amines is 1. The van der Waals surface area contributed by atoms with Crippen molar-refractivity contribution in [1.29, 1.82) is 0 Å². The Morgan fingerprint density at radius 3 is 2.70 bits per heavy atom. The standard InChI is InChI=1S/C15H19N3O2/c1-9(2)14(16)15-17-8-11(18-15)10-3-4-12-13(7-10)20-6-5-19-12/h3-4,7-9,14H,5-6,16H2,1-2H3,(H,17,18)/t14-/m0/s1. The highest BCUT2D eigenvalue weighted by molar-refractivity contribution is 5.63. The number of aromatic nitrogens is 2. The topological polar surface area (TPSA) is 73.2 Å². The van der Waals surface area contributed by atoms with Gasteiger partial charge < -0.3 is 20.2 Å². The maximum absolute atomic E-state index is 6.10. The van der Waals surface area contributed by atoms with E-state index in [0.29, 0.717) is 19.1 Å². The lowest BCUT2D eigenvalue weighted by molar-refractivity contribution is 0.171. The molecule has 20 heavy (non-hydrogen) atoms. The first-order valence-corrected chi connectivity index (χ1v) is 6.85. The summed E-state index contributed by atoms with van der Waals surface area (Å²) in [7, 11) is 0. The summed E-state index contributed by atoms with van der Waals surface area (Å²) in [6.07, 6.45) is 1.81. The normalized spacial score (nSPS) is 15.4. The Kier molecular flexibility index (Phi) is 3.36. The molecule has 0 unspecified atom stereocenters. The largest absolute Gasteiger partial charge is 0.486 e. The second-order valence-corrected chi connectivity index (χ2v) is 5.31. The maximum Gasteiger partial charge on any atom is 0.162 e. The Labute approximate surface area is 118 Å². The number of H-pyrrole nitrogens is 1. The summed E-state index contributed by atoms with van der Waals surface area (Å²) < 4.78 is 11.1. The van der Waals surface area contributed by atoms with Crippen molar-refractivity contribution in [1.82, 2.24) is 9.97 Å². The Morgan fingerprint density at radius 2 is 1.95 bits per heavy atom. The Hall–Kier alpha value is -2.01. The van der Waals surface area contributed by atoms with Gasteiger partial charge in [0.1, 0.15) is 19.0 Å². The molecule has 3 rings (SSSR count). The molecule has 0 fully saturated rings. The second-order valence-electron chi connectivity index (χ2n) is 5.31. The zero-order valence-corrected chi connectivity index (χ0v) is 11.7. The first kappa shape index (κ1) is 13.0. The van der Waals surface area contributed by atoms with Gasteiger partial charge in [-0.05, 0) is 24.1 Å². The van der Waals surface area contributed by atoms with Crippen molar-refractivity contribution >= 4 is 0 Å². The molecule has 0 saturated heterocycles. The van der Waals surface area contributed by atoms with E-state index in [9.17, 15) is 0 Å². The molecule has 1 aliphatic heterocycles. The van der Waals surface area contributed by atoms with Crippen LogP contribution in [-0.4, -0.2) is 23.2 Å². The fraction of sp³-hybridized carbons (Fsp3) is 0.400. The van der Waals surface area contributed by atoms with Gasteiger partial charge in [0, 0.05) is 5.56 Å². The van der Waals surface area contributed by atoms with E-state index in [2.05, 4.69) is 23.8 Å². The van der Waals surface area contributed by atoms with Gasteiger partial charge in [-0.1, -0.05) is 13.8 Å². The highest BCUT2D eigenvalue weighted by atomic mass is 16.6. The number of hydrogen-bond donors (Lipinski definition) is 2. The SMILES string of the molecule is CC(C)[C@H](N)c1ncc(-c2ccc3c(c2)OCCO3)[nH]1. The summed E-state index contributed by atoms with van der Waals surface area (Å²) in [5, 5.41) is 0. The van der Waals surface area contributed by atoms with E-state index in [4.69, 9.17) is 15.2 Å². The van der Waals surface area contributed by atoms with Crippen LogP contribution in [0.2, 0.25) is 0 Å². The molecule has 5 nitrogen and oxygen atoms in total. The summed E-state index contributed by atoms with van der Waals surface area (Å²) in [4.78, 5) is 7.66. The number of ether oxygens (including phenoxy) is 2. The number of rotatable bonds is 3. The number of fused-ring (bicyclic) bond motifs is 1. The van der Waals surface area contributed by atoms with Gasteiger partial charge in [0.25, 0.3) is 0 Å². The third-order valence-electron chi connectivity index (χ3n) is 3.48. The summed E-state index contributed by atoms with van der Waals surface area (Å²) in [6, 6.07) is 5.80. The minimum atomic E-state index is -0.0824. The number of nitrogens with two attached hydrogens (primary N) is 1. The monoisotopic (exact) mass is 273 g/mol. The highest BCUT2D eigenvalue weighted by Crippen LogP contribution is 2.34. The molecule has 3 N–H and O–H groups in total. The maximum atomic E-state index is 6.10. The van der Waals surface area contributed by atoms with Gasteiger partial charge in [0.2, 0.25) is 0 Å². The summed E-state index contributed by atoms with van der Waals surface area (Å²) in [5.41, 5.74) is 8.06. The van der Waals surface area contributed by atoms with E-state index in [-0.39, 0.29) is 6.04 Å². The van der Waals surface area contributed by atoms with Crippen LogP contribution in [0.25, 0.3) is 11.3 Å². The molecule has 0 saturated carbocycles. The Balaban J connectivity index is 1.89. The fourth-order valence-corrected chi connectivity index (χ4v) is 2.18. The molecule has 0 radical (unpaired) electrons. The van der Waals surface area contributed by atoms with Crippen LogP contribution in [0, 0.1) is 5.92 Å². The predicted octanol–water partition coefficient (Wildman–Crippen LogP) is 2.50. The molecule has 0 spiro atoms. The first-order valence-electron chi connectivity index (χ1n) is 6.85. The van der Waals surface area contributed by atoms with Gasteiger partial charge in [-0.15, -0.1) is 0 Å². The third-order valence-corrected chi connectivity index (χ3v) is 3.48. The van der Waals surface area contributed by atoms with Crippen LogP contribution >= 0.6 is 0 Å². The van der Waals surface area contributed by atoms with Crippen LogP contribution < -0.4 is 15.2 Å². The van der Waals surface area contributed by atoms with Crippen LogP contribution in [0.3, 0.4) is 0 Å². The molecule has 1 atom stereocenters. The molecule has 1 aromatic carbocycles. The minimum absolute atomic E-state index is 0.0824. The molecular weight excluding hydrogens is 254 g/mol. The fourth-order valence-electron chi connectivity index (χ4n) is 2.18. The van der Waals surface area contributed by atoms with Crippen molar-refractivity contribution in [2.75, 3.05) is 13.2 Å². The van der Waals surface area contributed by atoms with Gasteiger partial charge in [0.05, 0.1) is 17.9 Å². The van der Waals surface area contributed by atoms with E-state index >= 15 is 0 Å². The van der Waals surface area contributed by atoms with Crippen LogP contribution in [0.1, 0.15) is 25.7 Å². The molecule has 0 bridgehead atoms. The van der Waals surface area contributed by atoms with E-state index in [0.717, 1.165) is 28.6 Å². The predicted molar refractivity (Wildman–Crippen MR) is 76.8 cm³/mol. The van der Waals surface area contributed by atoms with E-state index in [1.54, 1.807) is 0 Å². The van der Waals surface area contributed by atoms with Crippen LogP contribution in [0.15, 0.2) is 24.4 Å². The van der Waals surface area contributed by atoms with Crippen molar-refractivity contribution in [2.45, 2.75) is 19.9 Å². The first-order chi connectivity index (χ1) is 9.65. The van der Waals surface area contributed by atoms with Crippen LogP contribution in [-0.2, 0) is 0 Å². The van der Waals surface area contributed by atoms with Crippen LogP contribution in [0.5, 0.6) is 11.5 Å². The smallest absolute Gasteiger partial charge is 0.162 e. The minimum Gasteiger partial charge on any atom is -0.486 e. The van der Waals surface area contributed by atoms with Gasteiger partial charge in [0.15, 0.2) is 11.5 Å². The number of hydrogen-bond acceptors (Lipinski definition) is 4. The average molecular weight is 273 g/mol. The van der Waals surface area contributed by atoms with Crippen molar-refractivity contribution in [3.8, 4) is 22.8 Å². The number of nitrogens with one attached hydrogen (secondary N) is 1. The zero-order valence-electron chi connectivity index (χ0n) is 11.7. The summed E-state index contributed by atoms with van der Waals surface area (Å²) >= 11 is 0. The molecule has 2 heterocycles. The quantitative estimate of drug-likeness (QED) is 0.901. The summed E-state index contributed by atoms with van der Waals surface area (Å²) in [6.45, 7) is 5.35. The molecule has 0 aliphatic carbocycles. The van der Waals surface area contributed by atoms with Gasteiger partial charge in [-0.2, -0.15) is 0 Å². The lowest BCUT2D eigenvalue weighted by Gasteiger charge is -2.18. The number of benzene rings is 1. The van der Waals surface area contributed by atoms with E-state index < -0.39 is 0 Å². The van der Waals surface area contributed by atoms with Gasteiger partial charge in [-0.25, -0.2) is 4.98 Å². The lowest BCUT2D eigenvalue weighted by Crippen LogP contribution is -2.18. The number of nitrogens with zero attached hydrogens (tertiary/aromatic N) is 1. The molecule has 106 valence electrons. The molecule has 1 aromatic heterocycles. The zero-order chi connectivity index (χ0) is 14.1.